The van der Waals surface area contributed by atoms with E-state index in [1.54, 1.807) is 0 Å². The SMILES string of the molecule is C1=C[C@H]2C[C@H]1C[C@H]2CNCc1ccccc1. The van der Waals surface area contributed by atoms with Crippen LogP contribution in [0.25, 0.3) is 0 Å². The van der Waals surface area contributed by atoms with Crippen LogP contribution in [0.5, 0.6) is 0 Å². The number of benzene rings is 1. The lowest BCUT2D eigenvalue weighted by Gasteiger charge is -2.18. The summed E-state index contributed by atoms with van der Waals surface area (Å²) in [7, 11) is 0. The van der Waals surface area contributed by atoms with E-state index in [4.69, 9.17) is 0 Å². The molecule has 0 spiro atoms. The lowest BCUT2D eigenvalue weighted by Crippen LogP contribution is -2.25. The third-order valence-corrected chi connectivity index (χ3v) is 3.99. The molecule has 1 N–H and O–H groups in total. The van der Waals surface area contributed by atoms with Gasteiger partial charge in [0.25, 0.3) is 0 Å². The number of hydrogen-bond donors (Lipinski definition) is 1. The molecule has 0 radical (unpaired) electrons. The van der Waals surface area contributed by atoms with Crippen molar-refractivity contribution < 1.29 is 0 Å². The molecule has 2 bridgehead atoms. The topological polar surface area (TPSA) is 12.0 Å². The van der Waals surface area contributed by atoms with E-state index < -0.39 is 0 Å². The summed E-state index contributed by atoms with van der Waals surface area (Å²) in [6, 6.07) is 10.7. The molecule has 16 heavy (non-hydrogen) atoms. The molecule has 2 aliphatic carbocycles. The van der Waals surface area contributed by atoms with E-state index in [1.807, 2.05) is 0 Å². The van der Waals surface area contributed by atoms with Gasteiger partial charge in [0.15, 0.2) is 0 Å². The first-order valence-electron chi connectivity index (χ1n) is 6.35. The number of nitrogens with one attached hydrogen (secondary N) is 1. The zero-order chi connectivity index (χ0) is 10.8. The summed E-state index contributed by atoms with van der Waals surface area (Å²) >= 11 is 0. The molecule has 1 aromatic rings. The van der Waals surface area contributed by atoms with Crippen LogP contribution in [0.2, 0.25) is 0 Å². The Hall–Kier alpha value is -1.08. The average molecular weight is 213 g/mol. The van der Waals surface area contributed by atoms with Crippen molar-refractivity contribution in [3.8, 4) is 0 Å². The first kappa shape index (κ1) is 10.1. The van der Waals surface area contributed by atoms with Gasteiger partial charge in [-0.1, -0.05) is 42.5 Å². The lowest BCUT2D eigenvalue weighted by atomic mass is 9.93. The quantitative estimate of drug-likeness (QED) is 0.758. The van der Waals surface area contributed by atoms with E-state index in [9.17, 15) is 0 Å². The van der Waals surface area contributed by atoms with Crippen LogP contribution < -0.4 is 5.32 Å². The van der Waals surface area contributed by atoms with Crippen LogP contribution in [0, 0.1) is 17.8 Å². The highest BCUT2D eigenvalue weighted by atomic mass is 14.9. The van der Waals surface area contributed by atoms with Crippen molar-refractivity contribution in [2.75, 3.05) is 6.54 Å². The summed E-state index contributed by atoms with van der Waals surface area (Å²) in [5, 5.41) is 3.59. The van der Waals surface area contributed by atoms with E-state index in [-0.39, 0.29) is 0 Å². The van der Waals surface area contributed by atoms with Crippen molar-refractivity contribution in [1.82, 2.24) is 5.32 Å². The van der Waals surface area contributed by atoms with E-state index in [1.165, 1.54) is 24.9 Å². The Labute approximate surface area is 97.6 Å². The van der Waals surface area contributed by atoms with Crippen LogP contribution in [0.4, 0.5) is 0 Å². The summed E-state index contributed by atoms with van der Waals surface area (Å²) in [6.07, 6.45) is 7.67. The van der Waals surface area contributed by atoms with Gasteiger partial charge in [-0.25, -0.2) is 0 Å². The van der Waals surface area contributed by atoms with Gasteiger partial charge in [0.2, 0.25) is 0 Å². The Bertz CT molecular complexity index is 368. The van der Waals surface area contributed by atoms with Crippen molar-refractivity contribution in [1.29, 1.82) is 0 Å². The molecule has 2 aliphatic rings. The highest BCUT2D eigenvalue weighted by molar-refractivity contribution is 5.14. The molecule has 0 amide bonds. The number of allylic oxidation sites excluding steroid dienone is 2. The lowest BCUT2D eigenvalue weighted by molar-refractivity contribution is 0.414. The van der Waals surface area contributed by atoms with Crippen LogP contribution in [0.15, 0.2) is 42.5 Å². The van der Waals surface area contributed by atoms with Gasteiger partial charge in [-0.15, -0.1) is 0 Å². The fourth-order valence-corrected chi connectivity index (χ4v) is 3.13. The van der Waals surface area contributed by atoms with Gasteiger partial charge in [-0.3, -0.25) is 0 Å². The molecule has 84 valence electrons. The summed E-state index contributed by atoms with van der Waals surface area (Å²) in [5.41, 5.74) is 1.39. The van der Waals surface area contributed by atoms with Crippen LogP contribution in [0.1, 0.15) is 18.4 Å². The van der Waals surface area contributed by atoms with Gasteiger partial charge < -0.3 is 5.32 Å². The fraction of sp³-hybridized carbons (Fsp3) is 0.467. The molecule has 0 saturated heterocycles. The largest absolute Gasteiger partial charge is 0.312 e. The Kier molecular flexibility index (Phi) is 2.79. The predicted molar refractivity (Wildman–Crippen MR) is 67.0 cm³/mol. The van der Waals surface area contributed by atoms with Crippen LogP contribution in [-0.2, 0) is 6.54 Å². The Morgan fingerprint density at radius 2 is 1.94 bits per heavy atom. The first-order chi connectivity index (χ1) is 7.92. The third-order valence-electron chi connectivity index (χ3n) is 3.99. The average Bonchev–Trinajstić information content (AvgIpc) is 2.92. The third kappa shape index (κ3) is 2.05. The maximum Gasteiger partial charge on any atom is 0.0205 e. The van der Waals surface area contributed by atoms with Crippen LogP contribution in [0.3, 0.4) is 0 Å². The number of hydrogen-bond acceptors (Lipinski definition) is 1. The van der Waals surface area contributed by atoms with E-state index in [0.717, 1.165) is 24.3 Å². The maximum atomic E-state index is 3.59. The van der Waals surface area contributed by atoms with Crippen LogP contribution >= 0.6 is 0 Å². The van der Waals surface area contributed by atoms with Crippen LogP contribution in [-0.4, -0.2) is 6.54 Å². The van der Waals surface area contributed by atoms with Gasteiger partial charge >= 0.3 is 0 Å². The molecule has 1 saturated carbocycles. The van der Waals surface area contributed by atoms with Gasteiger partial charge in [-0.2, -0.15) is 0 Å². The minimum atomic E-state index is 0.869. The fourth-order valence-electron chi connectivity index (χ4n) is 3.13. The molecule has 0 aromatic heterocycles. The van der Waals surface area contributed by atoms with E-state index in [2.05, 4.69) is 47.8 Å². The number of fused-ring (bicyclic) bond motifs is 2. The maximum absolute atomic E-state index is 3.59. The van der Waals surface area contributed by atoms with Gasteiger partial charge in [0, 0.05) is 6.54 Å². The summed E-state index contributed by atoms with van der Waals surface area (Å²) in [5.74, 6) is 2.65. The van der Waals surface area contributed by atoms with Gasteiger partial charge in [-0.05, 0) is 42.7 Å². The Morgan fingerprint density at radius 3 is 2.62 bits per heavy atom. The monoisotopic (exact) mass is 213 g/mol. The summed E-state index contributed by atoms with van der Waals surface area (Å²) < 4.78 is 0. The molecule has 1 aromatic carbocycles. The van der Waals surface area contributed by atoms with Gasteiger partial charge in [0.05, 0.1) is 0 Å². The van der Waals surface area contributed by atoms with E-state index >= 15 is 0 Å². The van der Waals surface area contributed by atoms with Gasteiger partial charge in [0.1, 0.15) is 0 Å². The number of rotatable bonds is 4. The first-order valence-corrected chi connectivity index (χ1v) is 6.35. The molecule has 1 heteroatoms. The zero-order valence-electron chi connectivity index (χ0n) is 9.60. The highest BCUT2D eigenvalue weighted by Crippen LogP contribution is 2.42. The molecule has 0 heterocycles. The van der Waals surface area contributed by atoms with Crippen molar-refractivity contribution in [2.45, 2.75) is 19.4 Å². The van der Waals surface area contributed by atoms with Crippen molar-refractivity contribution >= 4 is 0 Å². The molecule has 1 fully saturated rings. The smallest absolute Gasteiger partial charge is 0.0205 e. The van der Waals surface area contributed by atoms with Crippen molar-refractivity contribution in [2.24, 2.45) is 17.8 Å². The minimum Gasteiger partial charge on any atom is -0.312 e. The second kappa shape index (κ2) is 4.42. The minimum absolute atomic E-state index is 0.869. The molecule has 3 atom stereocenters. The standard InChI is InChI=1S/C15H19N/c1-2-4-12(5-3-1)10-16-11-15-9-13-6-7-14(15)8-13/h1-7,13-16H,8-11H2/t13-,14-,15-/m0/s1. The molecular weight excluding hydrogens is 194 g/mol. The molecule has 1 nitrogen and oxygen atoms in total. The second-order valence-electron chi connectivity index (χ2n) is 5.16. The Morgan fingerprint density at radius 1 is 1.06 bits per heavy atom. The van der Waals surface area contributed by atoms with Crippen molar-refractivity contribution in [3.63, 3.8) is 0 Å². The molecule has 0 unspecified atom stereocenters. The molecule has 3 rings (SSSR count). The Balaban J connectivity index is 1.46. The molecule has 0 aliphatic heterocycles. The summed E-state index contributed by atoms with van der Waals surface area (Å²) in [6.45, 7) is 2.19. The predicted octanol–water partition coefficient (Wildman–Crippen LogP) is 2.99. The summed E-state index contributed by atoms with van der Waals surface area (Å²) in [4.78, 5) is 0. The normalized spacial score (nSPS) is 31.1. The second-order valence-corrected chi connectivity index (χ2v) is 5.16. The van der Waals surface area contributed by atoms with Crippen molar-refractivity contribution in [3.05, 3.63) is 48.0 Å². The zero-order valence-corrected chi connectivity index (χ0v) is 9.60. The highest BCUT2D eigenvalue weighted by Gasteiger charge is 2.34. The van der Waals surface area contributed by atoms with E-state index in [0.29, 0.717) is 0 Å². The molecular formula is C15H19N.